The highest BCUT2D eigenvalue weighted by Crippen LogP contribution is 2.44. The van der Waals surface area contributed by atoms with Crippen LogP contribution in [0.4, 0.5) is 5.69 Å². The zero-order valence-electron chi connectivity index (χ0n) is 18.1. The highest BCUT2D eigenvalue weighted by Gasteiger charge is 2.42. The van der Waals surface area contributed by atoms with Gasteiger partial charge in [-0.25, -0.2) is 0 Å². The fourth-order valence-electron chi connectivity index (χ4n) is 3.77. The fraction of sp³-hybridized carbons (Fsp3) is 0.250. The Morgan fingerprint density at radius 2 is 1.76 bits per heavy atom. The van der Waals surface area contributed by atoms with E-state index in [9.17, 15) is 14.4 Å². The summed E-state index contributed by atoms with van der Waals surface area (Å²) in [6.45, 7) is 1.01. The molecule has 170 valence electrons. The lowest BCUT2D eigenvalue weighted by Crippen LogP contribution is -2.39. The molecule has 0 spiro atoms. The highest BCUT2D eigenvalue weighted by molar-refractivity contribution is 8.26. The topological polar surface area (TPSA) is 79.0 Å². The SMILES string of the molecule is COCCN1C(=O)/C(=C2/C(=O)N(CC(=O)NCCc3ccccc3)c3ccccc32)SC1=S. The Kier molecular flexibility index (Phi) is 7.22. The van der Waals surface area contributed by atoms with Gasteiger partial charge in [-0.15, -0.1) is 0 Å². The summed E-state index contributed by atoms with van der Waals surface area (Å²) >= 11 is 6.47. The van der Waals surface area contributed by atoms with Crippen molar-refractivity contribution in [1.29, 1.82) is 0 Å². The first-order valence-electron chi connectivity index (χ1n) is 10.5. The number of hydrogen-bond acceptors (Lipinski definition) is 6. The lowest BCUT2D eigenvalue weighted by Gasteiger charge is -2.17. The quantitative estimate of drug-likeness (QED) is 0.461. The molecule has 4 rings (SSSR count). The van der Waals surface area contributed by atoms with E-state index in [2.05, 4.69) is 5.32 Å². The molecule has 2 aliphatic heterocycles. The first kappa shape index (κ1) is 23.2. The number of fused-ring (bicyclic) bond motifs is 1. The van der Waals surface area contributed by atoms with E-state index < -0.39 is 0 Å². The lowest BCUT2D eigenvalue weighted by molar-refractivity contribution is -0.123. The molecule has 0 aromatic heterocycles. The van der Waals surface area contributed by atoms with Gasteiger partial charge in [-0.05, 0) is 18.1 Å². The van der Waals surface area contributed by atoms with Gasteiger partial charge in [0, 0.05) is 19.2 Å². The summed E-state index contributed by atoms with van der Waals surface area (Å²) in [5, 5.41) is 2.88. The van der Waals surface area contributed by atoms with Crippen molar-refractivity contribution >= 4 is 57.3 Å². The number of nitrogens with zero attached hydrogens (tertiary/aromatic N) is 2. The summed E-state index contributed by atoms with van der Waals surface area (Å²) in [7, 11) is 1.55. The van der Waals surface area contributed by atoms with Gasteiger partial charge in [0.05, 0.1) is 29.3 Å². The Labute approximate surface area is 201 Å². The maximum Gasteiger partial charge on any atom is 0.267 e. The molecule has 33 heavy (non-hydrogen) atoms. The van der Waals surface area contributed by atoms with Gasteiger partial charge in [0.25, 0.3) is 11.8 Å². The summed E-state index contributed by atoms with van der Waals surface area (Å²) in [4.78, 5) is 42.2. The third-order valence-corrected chi connectivity index (χ3v) is 6.85. The molecule has 0 bridgehead atoms. The second-order valence-corrected chi connectivity index (χ2v) is 9.16. The van der Waals surface area contributed by atoms with Gasteiger partial charge in [0.1, 0.15) is 10.9 Å². The van der Waals surface area contributed by atoms with Crippen molar-refractivity contribution < 1.29 is 19.1 Å². The van der Waals surface area contributed by atoms with E-state index in [-0.39, 0.29) is 24.3 Å². The lowest BCUT2D eigenvalue weighted by atomic mass is 10.1. The third-order valence-electron chi connectivity index (χ3n) is 5.40. The monoisotopic (exact) mass is 481 g/mol. The molecule has 2 heterocycles. The van der Waals surface area contributed by atoms with E-state index in [0.29, 0.717) is 52.2 Å². The number of hydrogen-bond donors (Lipinski definition) is 1. The molecule has 0 aliphatic carbocycles. The molecule has 0 unspecified atom stereocenters. The van der Waals surface area contributed by atoms with Crippen molar-refractivity contribution in [1.82, 2.24) is 10.2 Å². The first-order valence-corrected chi connectivity index (χ1v) is 11.7. The number of carbonyl (C=O) groups is 3. The maximum absolute atomic E-state index is 13.4. The van der Waals surface area contributed by atoms with E-state index in [1.54, 1.807) is 31.4 Å². The number of benzene rings is 2. The Morgan fingerprint density at radius 3 is 2.52 bits per heavy atom. The molecule has 1 saturated heterocycles. The van der Waals surface area contributed by atoms with Crippen LogP contribution in [0.5, 0.6) is 0 Å². The van der Waals surface area contributed by atoms with Crippen LogP contribution in [-0.2, 0) is 25.5 Å². The van der Waals surface area contributed by atoms with Crippen molar-refractivity contribution in [3.8, 4) is 0 Å². The van der Waals surface area contributed by atoms with Crippen LogP contribution in [0.25, 0.3) is 5.57 Å². The molecular weight excluding hydrogens is 458 g/mol. The minimum Gasteiger partial charge on any atom is -0.383 e. The Bertz CT molecular complexity index is 1130. The number of anilines is 1. The van der Waals surface area contributed by atoms with E-state index in [1.807, 2.05) is 30.3 Å². The van der Waals surface area contributed by atoms with Crippen molar-refractivity contribution in [2.24, 2.45) is 0 Å². The Balaban J connectivity index is 1.51. The van der Waals surface area contributed by atoms with Crippen LogP contribution in [-0.4, -0.2) is 60.3 Å². The van der Waals surface area contributed by atoms with Crippen LogP contribution in [0.3, 0.4) is 0 Å². The van der Waals surface area contributed by atoms with Crippen molar-refractivity contribution in [2.75, 3.05) is 38.3 Å². The van der Waals surface area contributed by atoms with E-state index in [0.717, 1.165) is 17.3 Å². The average molecular weight is 482 g/mol. The molecule has 1 N–H and O–H groups in total. The van der Waals surface area contributed by atoms with Crippen LogP contribution in [0, 0.1) is 0 Å². The van der Waals surface area contributed by atoms with Crippen LogP contribution >= 0.6 is 24.0 Å². The zero-order valence-corrected chi connectivity index (χ0v) is 19.7. The number of thiocarbonyl (C=S) groups is 1. The summed E-state index contributed by atoms with van der Waals surface area (Å²) in [6, 6.07) is 17.0. The van der Waals surface area contributed by atoms with Crippen LogP contribution < -0.4 is 10.2 Å². The number of ether oxygens (including phenoxy) is 1. The number of carbonyl (C=O) groups excluding carboxylic acids is 3. The highest BCUT2D eigenvalue weighted by atomic mass is 32.2. The molecule has 3 amide bonds. The predicted octanol–water partition coefficient (Wildman–Crippen LogP) is 2.61. The second kappa shape index (κ2) is 10.3. The van der Waals surface area contributed by atoms with Gasteiger partial charge in [0.2, 0.25) is 5.91 Å². The average Bonchev–Trinajstić information content (AvgIpc) is 3.25. The standard InChI is InChI=1S/C24H23N3O4S2/c1-31-14-13-26-23(30)21(33-24(26)32)20-17-9-5-6-10-18(17)27(22(20)29)15-19(28)25-12-11-16-7-3-2-4-8-16/h2-10H,11-15H2,1H3,(H,25,28)/b21-20-. The molecule has 2 aromatic carbocycles. The molecule has 7 nitrogen and oxygen atoms in total. The summed E-state index contributed by atoms with van der Waals surface area (Å²) in [5.41, 5.74) is 2.66. The van der Waals surface area contributed by atoms with Gasteiger partial charge in [-0.1, -0.05) is 72.5 Å². The number of amides is 3. The Morgan fingerprint density at radius 1 is 1.03 bits per heavy atom. The first-order chi connectivity index (χ1) is 16.0. The van der Waals surface area contributed by atoms with Crippen LogP contribution in [0.2, 0.25) is 0 Å². The van der Waals surface area contributed by atoms with Gasteiger partial charge in [-0.3, -0.25) is 24.2 Å². The molecule has 2 aliphatic rings. The number of rotatable bonds is 8. The smallest absolute Gasteiger partial charge is 0.267 e. The minimum atomic E-state index is -0.373. The van der Waals surface area contributed by atoms with Crippen molar-refractivity contribution in [3.05, 3.63) is 70.6 Å². The fourth-order valence-corrected chi connectivity index (χ4v) is 5.15. The number of nitrogens with one attached hydrogen (secondary N) is 1. The number of methoxy groups -OCH3 is 1. The molecule has 9 heteroatoms. The van der Waals surface area contributed by atoms with Gasteiger partial charge < -0.3 is 10.1 Å². The third kappa shape index (κ3) is 4.85. The Hall–Kier alpha value is -3.01. The van der Waals surface area contributed by atoms with Gasteiger partial charge in [0.15, 0.2) is 0 Å². The second-order valence-electron chi connectivity index (χ2n) is 7.52. The van der Waals surface area contributed by atoms with Crippen molar-refractivity contribution in [2.45, 2.75) is 6.42 Å². The van der Waals surface area contributed by atoms with E-state index in [1.165, 1.54) is 9.80 Å². The molecule has 1 fully saturated rings. The van der Waals surface area contributed by atoms with Crippen molar-refractivity contribution in [3.63, 3.8) is 0 Å². The van der Waals surface area contributed by atoms with Gasteiger partial charge >= 0.3 is 0 Å². The number of para-hydroxylation sites is 1. The normalized spacial score (nSPS) is 17.7. The maximum atomic E-state index is 13.4. The molecule has 0 atom stereocenters. The van der Waals surface area contributed by atoms with Crippen LogP contribution in [0.15, 0.2) is 59.5 Å². The zero-order chi connectivity index (χ0) is 23.4. The minimum absolute atomic E-state index is 0.127. The van der Waals surface area contributed by atoms with Gasteiger partial charge in [-0.2, -0.15) is 0 Å². The van der Waals surface area contributed by atoms with Crippen LogP contribution in [0.1, 0.15) is 11.1 Å². The summed E-state index contributed by atoms with van der Waals surface area (Å²) < 4.78 is 5.45. The molecule has 2 aromatic rings. The number of thioether (sulfide) groups is 1. The predicted molar refractivity (Wildman–Crippen MR) is 133 cm³/mol. The molecular formula is C24H23N3O4S2. The molecule has 0 saturated carbocycles. The summed E-state index contributed by atoms with van der Waals surface area (Å²) in [6.07, 6.45) is 0.701. The van der Waals surface area contributed by atoms with E-state index >= 15 is 0 Å². The summed E-state index contributed by atoms with van der Waals surface area (Å²) in [5.74, 6) is -0.945. The van der Waals surface area contributed by atoms with E-state index in [4.69, 9.17) is 17.0 Å². The molecule has 0 radical (unpaired) electrons. The largest absolute Gasteiger partial charge is 0.383 e.